The third kappa shape index (κ3) is 4.20. The van der Waals surface area contributed by atoms with Crippen molar-refractivity contribution < 1.29 is 25.8 Å². The van der Waals surface area contributed by atoms with Crippen molar-refractivity contribution in [3.8, 4) is 0 Å². The van der Waals surface area contributed by atoms with Crippen LogP contribution in [0.4, 0.5) is 0 Å². The van der Waals surface area contributed by atoms with Crippen LogP contribution in [0.15, 0.2) is 4.99 Å². The minimum atomic E-state index is 0. The molecule has 0 heterocycles. The predicted octanol–water partition coefficient (Wildman–Crippen LogP) is 2.06. The fraction of sp³-hybridized carbons (Fsp3) is 0.857. The zero-order chi connectivity index (χ0) is 7.28. The van der Waals surface area contributed by atoms with Crippen molar-refractivity contribution in [2.45, 2.75) is 20.3 Å². The Labute approximate surface area is 82.3 Å². The molecule has 0 spiro atoms. The molecule has 0 aliphatic carbocycles. The fourth-order valence-electron chi connectivity index (χ4n) is 0.723. The normalized spacial score (nSPS) is 13.8. The van der Waals surface area contributed by atoms with Gasteiger partial charge in [0, 0.05) is 25.8 Å². The molecule has 0 saturated carbocycles. The zero-order valence-electron chi connectivity index (χ0n) is 7.26. The van der Waals surface area contributed by atoms with Crippen LogP contribution in [0, 0.1) is 5.92 Å². The SMILES string of the molecule is CCC(C)C(=NC)[N-]C.[Sc]. The maximum atomic E-state index is 4.03. The molecule has 57 valence electrons. The third-order valence-electron chi connectivity index (χ3n) is 1.51. The predicted molar refractivity (Wildman–Crippen MR) is 42.1 cm³/mol. The van der Waals surface area contributed by atoms with Gasteiger partial charge in [0.25, 0.3) is 0 Å². The molecular weight excluding hydrogens is 157 g/mol. The molecule has 0 aromatic rings. The van der Waals surface area contributed by atoms with Gasteiger partial charge in [-0.1, -0.05) is 40.2 Å². The van der Waals surface area contributed by atoms with E-state index in [-0.39, 0.29) is 25.8 Å². The summed E-state index contributed by atoms with van der Waals surface area (Å²) >= 11 is 0. The van der Waals surface area contributed by atoms with Crippen LogP contribution in [0.2, 0.25) is 0 Å². The Morgan fingerprint density at radius 3 is 2.20 bits per heavy atom. The fourth-order valence-corrected chi connectivity index (χ4v) is 0.723. The Kier molecular flexibility index (Phi) is 9.66. The van der Waals surface area contributed by atoms with Crippen LogP contribution in [0.25, 0.3) is 5.32 Å². The van der Waals surface area contributed by atoms with Gasteiger partial charge in [-0.2, -0.15) is 0 Å². The Hall–Kier alpha value is 0.340. The van der Waals surface area contributed by atoms with Crippen molar-refractivity contribution in [1.29, 1.82) is 0 Å². The molecule has 0 amide bonds. The van der Waals surface area contributed by atoms with Gasteiger partial charge in [0.2, 0.25) is 0 Å². The van der Waals surface area contributed by atoms with Crippen molar-refractivity contribution >= 4 is 5.84 Å². The first-order valence-electron chi connectivity index (χ1n) is 3.32. The van der Waals surface area contributed by atoms with Crippen LogP contribution in [0.3, 0.4) is 0 Å². The second-order valence-electron chi connectivity index (χ2n) is 2.11. The van der Waals surface area contributed by atoms with E-state index in [1.807, 2.05) is 0 Å². The van der Waals surface area contributed by atoms with E-state index in [0.29, 0.717) is 5.92 Å². The van der Waals surface area contributed by atoms with Crippen LogP contribution in [-0.4, -0.2) is 19.9 Å². The van der Waals surface area contributed by atoms with E-state index < -0.39 is 0 Å². The summed E-state index contributed by atoms with van der Waals surface area (Å²) in [6, 6.07) is 0. The largest absolute Gasteiger partial charge is 0.472 e. The first-order valence-corrected chi connectivity index (χ1v) is 3.32. The average Bonchev–Trinajstić information content (AvgIpc) is 1.90. The molecule has 0 aromatic carbocycles. The number of nitrogens with zero attached hydrogens (tertiary/aromatic N) is 2. The van der Waals surface area contributed by atoms with E-state index in [2.05, 4.69) is 24.2 Å². The van der Waals surface area contributed by atoms with Crippen LogP contribution >= 0.6 is 0 Å². The molecule has 0 N–H and O–H groups in total. The maximum absolute atomic E-state index is 4.03. The number of hydrogen-bond donors (Lipinski definition) is 0. The molecule has 2 nitrogen and oxygen atoms in total. The van der Waals surface area contributed by atoms with Crippen molar-refractivity contribution in [2.75, 3.05) is 14.1 Å². The summed E-state index contributed by atoms with van der Waals surface area (Å²) in [5.74, 6) is 1.48. The molecule has 1 radical (unpaired) electrons. The zero-order valence-corrected chi connectivity index (χ0v) is 9.06. The Morgan fingerprint density at radius 2 is 2.10 bits per heavy atom. The van der Waals surface area contributed by atoms with Gasteiger partial charge in [-0.15, -0.1) is 0 Å². The summed E-state index contributed by atoms with van der Waals surface area (Å²) in [6.07, 6.45) is 1.12. The van der Waals surface area contributed by atoms with Gasteiger partial charge in [0.15, 0.2) is 0 Å². The van der Waals surface area contributed by atoms with E-state index in [0.717, 1.165) is 12.3 Å². The Bertz CT molecular complexity index is 102. The molecule has 1 unspecified atom stereocenters. The smallest absolute Gasteiger partial charge is 0 e. The molecule has 0 aromatic heterocycles. The third-order valence-corrected chi connectivity index (χ3v) is 1.51. The van der Waals surface area contributed by atoms with Crippen molar-refractivity contribution in [2.24, 2.45) is 10.9 Å². The van der Waals surface area contributed by atoms with Crippen LogP contribution < -0.4 is 0 Å². The first kappa shape index (κ1) is 13.0. The van der Waals surface area contributed by atoms with E-state index in [9.17, 15) is 0 Å². The second-order valence-corrected chi connectivity index (χ2v) is 2.11. The van der Waals surface area contributed by atoms with E-state index in [1.165, 1.54) is 0 Å². The van der Waals surface area contributed by atoms with Gasteiger partial charge in [-0.3, -0.25) is 0 Å². The van der Waals surface area contributed by atoms with E-state index in [1.54, 1.807) is 14.1 Å². The Morgan fingerprint density at radius 1 is 1.60 bits per heavy atom. The maximum Gasteiger partial charge on any atom is 0 e. The number of hydrogen-bond acceptors (Lipinski definition) is 1. The van der Waals surface area contributed by atoms with Gasteiger partial charge in [-0.25, -0.2) is 0 Å². The van der Waals surface area contributed by atoms with E-state index in [4.69, 9.17) is 0 Å². The molecule has 10 heavy (non-hydrogen) atoms. The van der Waals surface area contributed by atoms with Gasteiger partial charge in [0.1, 0.15) is 0 Å². The van der Waals surface area contributed by atoms with E-state index >= 15 is 0 Å². The topological polar surface area (TPSA) is 26.5 Å². The molecule has 0 aliphatic heterocycles. The summed E-state index contributed by atoms with van der Waals surface area (Å²) in [5.41, 5.74) is 0. The minimum absolute atomic E-state index is 0. The molecule has 0 rings (SSSR count). The first-order chi connectivity index (χ1) is 4.26. The summed E-state index contributed by atoms with van der Waals surface area (Å²) in [6.45, 7) is 4.27. The molecule has 3 heteroatoms. The number of amidine groups is 1. The average molecular weight is 172 g/mol. The van der Waals surface area contributed by atoms with Gasteiger partial charge < -0.3 is 10.3 Å². The molecule has 0 saturated heterocycles. The van der Waals surface area contributed by atoms with Crippen LogP contribution in [0.5, 0.6) is 0 Å². The quantitative estimate of drug-likeness (QED) is 0.450. The van der Waals surface area contributed by atoms with Crippen LogP contribution in [-0.2, 0) is 25.8 Å². The summed E-state index contributed by atoms with van der Waals surface area (Å²) in [4.78, 5) is 4.03. The van der Waals surface area contributed by atoms with Gasteiger partial charge in [0.05, 0.1) is 0 Å². The van der Waals surface area contributed by atoms with Gasteiger partial charge in [-0.05, 0) is 5.92 Å². The summed E-state index contributed by atoms with van der Waals surface area (Å²) < 4.78 is 0. The minimum Gasteiger partial charge on any atom is -0.472 e. The van der Waals surface area contributed by atoms with Crippen molar-refractivity contribution in [1.82, 2.24) is 0 Å². The molecule has 1 atom stereocenters. The molecule has 0 aliphatic rings. The monoisotopic (exact) mass is 172 g/mol. The number of rotatable bonds is 2. The van der Waals surface area contributed by atoms with Crippen molar-refractivity contribution in [3.63, 3.8) is 0 Å². The van der Waals surface area contributed by atoms with Gasteiger partial charge >= 0.3 is 0 Å². The second kappa shape index (κ2) is 7.45. The standard InChI is InChI=1S/C7H15N2.Sc/c1-5-6(2)7(8-3)9-4;/h6H,5H2,1-4H3;/q-1;. The molecule has 0 fully saturated rings. The molecule has 0 bridgehead atoms. The van der Waals surface area contributed by atoms with Crippen LogP contribution in [0.1, 0.15) is 20.3 Å². The summed E-state index contributed by atoms with van der Waals surface area (Å²) in [5, 5.41) is 4.03. The summed E-state index contributed by atoms with van der Waals surface area (Å²) in [7, 11) is 3.57. The number of aliphatic imine (C=N–C) groups is 1. The molecular formula is C7H15N2Sc-. The Balaban J connectivity index is 0. The van der Waals surface area contributed by atoms with Crippen molar-refractivity contribution in [3.05, 3.63) is 5.32 Å².